The molecule has 0 bridgehead atoms. The Morgan fingerprint density at radius 2 is 2.06 bits per heavy atom. The zero-order valence-corrected chi connectivity index (χ0v) is 11.8. The van der Waals surface area contributed by atoms with Crippen molar-refractivity contribution in [2.45, 2.75) is 37.6 Å². The molecule has 0 fully saturated rings. The van der Waals surface area contributed by atoms with Gasteiger partial charge in [0.25, 0.3) is 0 Å². The Bertz CT molecular complexity index is 363. The number of thioether (sulfide) groups is 1. The first kappa shape index (κ1) is 14.3. The van der Waals surface area contributed by atoms with Gasteiger partial charge in [-0.3, -0.25) is 0 Å². The fourth-order valence-corrected chi connectivity index (χ4v) is 2.03. The van der Waals surface area contributed by atoms with Crippen LogP contribution in [0.25, 0.3) is 0 Å². The van der Waals surface area contributed by atoms with Crippen molar-refractivity contribution in [2.24, 2.45) is 0 Å². The first-order valence-electron chi connectivity index (χ1n) is 5.78. The van der Waals surface area contributed by atoms with Gasteiger partial charge >= 0.3 is 0 Å². The lowest BCUT2D eigenvalue weighted by Gasteiger charge is -2.18. The Morgan fingerprint density at radius 1 is 1.35 bits per heavy atom. The predicted octanol–water partition coefficient (Wildman–Crippen LogP) is 2.29. The van der Waals surface area contributed by atoms with Gasteiger partial charge in [0.05, 0.1) is 0 Å². The van der Waals surface area contributed by atoms with Gasteiger partial charge in [-0.05, 0) is 6.42 Å². The van der Waals surface area contributed by atoms with Gasteiger partial charge in [0.2, 0.25) is 0 Å². The van der Waals surface area contributed by atoms with Crippen molar-refractivity contribution in [1.82, 2.24) is 9.97 Å². The van der Waals surface area contributed by atoms with E-state index in [0.29, 0.717) is 0 Å². The topological polar surface area (TPSA) is 58.0 Å². The minimum absolute atomic E-state index is 0.0564. The molecule has 96 valence electrons. The molecule has 0 saturated heterocycles. The van der Waals surface area contributed by atoms with Crippen LogP contribution in [-0.2, 0) is 5.41 Å². The van der Waals surface area contributed by atoms with Gasteiger partial charge in [-0.1, -0.05) is 20.8 Å². The number of nitrogens with zero attached hydrogens (tertiary/aromatic N) is 2. The highest BCUT2D eigenvalue weighted by atomic mass is 32.2. The Labute approximate surface area is 107 Å². The van der Waals surface area contributed by atoms with E-state index in [1.165, 1.54) is 0 Å². The molecule has 0 aliphatic rings. The van der Waals surface area contributed by atoms with Crippen LogP contribution in [0.1, 0.15) is 33.0 Å². The highest BCUT2D eigenvalue weighted by Gasteiger charge is 2.18. The zero-order valence-electron chi connectivity index (χ0n) is 10.9. The van der Waals surface area contributed by atoms with Crippen LogP contribution in [0, 0.1) is 0 Å². The number of hydrogen-bond donors (Lipinski definition) is 2. The molecule has 0 unspecified atom stereocenters. The third-order valence-corrected chi connectivity index (χ3v) is 3.18. The van der Waals surface area contributed by atoms with Crippen molar-refractivity contribution < 1.29 is 5.11 Å². The van der Waals surface area contributed by atoms with Gasteiger partial charge < -0.3 is 10.4 Å². The molecule has 0 aromatic carbocycles. The summed E-state index contributed by atoms with van der Waals surface area (Å²) in [7, 11) is 1.86. The van der Waals surface area contributed by atoms with Gasteiger partial charge in [0.15, 0.2) is 0 Å². The van der Waals surface area contributed by atoms with Crippen molar-refractivity contribution in [3.8, 4) is 0 Å². The van der Waals surface area contributed by atoms with Crippen LogP contribution < -0.4 is 5.32 Å². The lowest BCUT2D eigenvalue weighted by Crippen LogP contribution is -2.17. The van der Waals surface area contributed by atoms with Crippen molar-refractivity contribution >= 4 is 17.6 Å². The molecule has 17 heavy (non-hydrogen) atoms. The summed E-state index contributed by atoms with van der Waals surface area (Å²) in [4.78, 5) is 9.02. The average Bonchev–Trinajstić information content (AvgIpc) is 2.28. The Morgan fingerprint density at radius 3 is 2.59 bits per heavy atom. The van der Waals surface area contributed by atoms with E-state index in [-0.39, 0.29) is 12.0 Å². The summed E-state index contributed by atoms with van der Waals surface area (Å²) in [5.74, 6) is 2.56. The number of aliphatic hydroxyl groups is 1. The number of nitrogens with one attached hydrogen (secondary N) is 1. The molecule has 1 aromatic heterocycles. The van der Waals surface area contributed by atoms with Gasteiger partial charge in [-0.25, -0.2) is 9.97 Å². The van der Waals surface area contributed by atoms with Crippen LogP contribution in [0.2, 0.25) is 0 Å². The fraction of sp³-hybridized carbons (Fsp3) is 0.667. The highest BCUT2D eigenvalue weighted by Crippen LogP contribution is 2.25. The molecule has 0 radical (unpaired) electrons. The minimum atomic E-state index is -0.0564. The largest absolute Gasteiger partial charge is 0.396 e. The molecule has 5 heteroatoms. The third kappa shape index (κ3) is 4.52. The van der Waals surface area contributed by atoms with Crippen molar-refractivity contribution in [3.63, 3.8) is 0 Å². The number of aliphatic hydroxyl groups excluding tert-OH is 1. The lowest BCUT2D eigenvalue weighted by atomic mass is 9.96. The predicted molar refractivity (Wildman–Crippen MR) is 72.7 cm³/mol. The molecule has 1 rings (SSSR count). The van der Waals surface area contributed by atoms with Crippen LogP contribution in [0.15, 0.2) is 11.1 Å². The lowest BCUT2D eigenvalue weighted by molar-refractivity contribution is 0.296. The zero-order chi connectivity index (χ0) is 12.9. The van der Waals surface area contributed by atoms with Crippen molar-refractivity contribution in [1.29, 1.82) is 0 Å². The standard InChI is InChI=1S/C12H21N3OS/c1-12(2,3)11-14-9(13-4)8-10(15-11)17-7-5-6-16/h8,16H,5-7H2,1-4H3,(H,13,14,15). The molecule has 0 aliphatic carbocycles. The molecule has 1 heterocycles. The van der Waals surface area contributed by atoms with Gasteiger partial charge in [-0.15, -0.1) is 11.8 Å². The van der Waals surface area contributed by atoms with Crippen LogP contribution in [0.5, 0.6) is 0 Å². The van der Waals surface area contributed by atoms with E-state index in [1.807, 2.05) is 13.1 Å². The third-order valence-electron chi connectivity index (χ3n) is 2.18. The molecule has 0 saturated carbocycles. The molecule has 0 amide bonds. The molecular weight excluding hydrogens is 234 g/mol. The molecular formula is C12H21N3OS. The van der Waals surface area contributed by atoms with Crippen LogP contribution in [0.4, 0.5) is 5.82 Å². The summed E-state index contributed by atoms with van der Waals surface area (Å²) in [5.41, 5.74) is -0.0564. The van der Waals surface area contributed by atoms with Gasteiger partial charge in [-0.2, -0.15) is 0 Å². The molecule has 4 nitrogen and oxygen atoms in total. The highest BCUT2D eigenvalue weighted by molar-refractivity contribution is 7.99. The SMILES string of the molecule is CNc1cc(SCCCO)nc(C(C)(C)C)n1. The second-order valence-electron chi connectivity index (χ2n) is 4.84. The number of hydrogen-bond acceptors (Lipinski definition) is 5. The quantitative estimate of drug-likeness (QED) is 0.480. The van der Waals surface area contributed by atoms with Gasteiger partial charge in [0, 0.05) is 30.9 Å². The Kier molecular flexibility index (Phi) is 5.21. The second kappa shape index (κ2) is 6.21. The summed E-state index contributed by atoms with van der Waals surface area (Å²) in [5, 5.41) is 12.8. The smallest absolute Gasteiger partial charge is 0.137 e. The average molecular weight is 255 g/mol. The number of rotatable bonds is 5. The van der Waals surface area contributed by atoms with Crippen LogP contribution in [0.3, 0.4) is 0 Å². The summed E-state index contributed by atoms with van der Waals surface area (Å²) >= 11 is 1.65. The summed E-state index contributed by atoms with van der Waals surface area (Å²) in [6.45, 7) is 6.53. The maximum Gasteiger partial charge on any atom is 0.137 e. The van der Waals surface area contributed by atoms with Crippen molar-refractivity contribution in [3.05, 3.63) is 11.9 Å². The summed E-state index contributed by atoms with van der Waals surface area (Å²) in [6.07, 6.45) is 0.786. The summed E-state index contributed by atoms with van der Waals surface area (Å²) in [6, 6.07) is 1.94. The first-order valence-corrected chi connectivity index (χ1v) is 6.77. The molecule has 0 atom stereocenters. The van der Waals surface area contributed by atoms with Crippen molar-refractivity contribution in [2.75, 3.05) is 24.7 Å². The minimum Gasteiger partial charge on any atom is -0.396 e. The molecule has 0 aliphatic heterocycles. The fourth-order valence-electron chi connectivity index (χ4n) is 1.20. The van der Waals surface area contributed by atoms with E-state index >= 15 is 0 Å². The second-order valence-corrected chi connectivity index (χ2v) is 5.96. The first-order chi connectivity index (χ1) is 7.97. The van der Waals surface area contributed by atoms with E-state index in [0.717, 1.165) is 28.8 Å². The van der Waals surface area contributed by atoms with E-state index in [1.54, 1.807) is 11.8 Å². The normalized spacial score (nSPS) is 11.6. The molecule has 0 spiro atoms. The number of anilines is 1. The van der Waals surface area contributed by atoms with Gasteiger partial charge in [0.1, 0.15) is 16.7 Å². The van der Waals surface area contributed by atoms with E-state index < -0.39 is 0 Å². The van der Waals surface area contributed by atoms with E-state index in [2.05, 4.69) is 36.1 Å². The number of aromatic nitrogens is 2. The Balaban J connectivity index is 2.89. The van der Waals surface area contributed by atoms with Crippen LogP contribution >= 0.6 is 11.8 Å². The maximum atomic E-state index is 8.77. The van der Waals surface area contributed by atoms with E-state index in [4.69, 9.17) is 5.11 Å². The van der Waals surface area contributed by atoms with E-state index in [9.17, 15) is 0 Å². The summed E-state index contributed by atoms with van der Waals surface area (Å²) < 4.78 is 0. The molecule has 2 N–H and O–H groups in total. The maximum absolute atomic E-state index is 8.77. The monoisotopic (exact) mass is 255 g/mol. The molecule has 1 aromatic rings. The van der Waals surface area contributed by atoms with Crippen LogP contribution in [-0.4, -0.2) is 34.5 Å². The Hall–Kier alpha value is -0.810.